The number of nitrogens with one attached hydrogen (secondary N) is 1. The van der Waals surface area contributed by atoms with Crippen molar-refractivity contribution in [2.24, 2.45) is 0 Å². The Labute approximate surface area is 113 Å². The Morgan fingerprint density at radius 2 is 2.28 bits per heavy atom. The van der Waals surface area contributed by atoms with Crippen LogP contribution in [0.25, 0.3) is 0 Å². The van der Waals surface area contributed by atoms with Crippen molar-refractivity contribution in [1.82, 2.24) is 5.32 Å². The molecule has 1 heterocycles. The third-order valence-corrected chi connectivity index (χ3v) is 4.87. The van der Waals surface area contributed by atoms with Crippen LogP contribution in [0.4, 0.5) is 10.1 Å². The maximum Gasteiger partial charge on any atom is 0.123 e. The summed E-state index contributed by atoms with van der Waals surface area (Å²) in [6.07, 6.45) is 1.21. The molecule has 0 aromatic heterocycles. The number of thioether (sulfide) groups is 1. The fourth-order valence-corrected chi connectivity index (χ4v) is 3.64. The number of hydrogen-bond donors (Lipinski definition) is 1. The summed E-state index contributed by atoms with van der Waals surface area (Å²) >= 11 is 2.00. The molecule has 1 aliphatic rings. The van der Waals surface area contributed by atoms with Crippen LogP contribution in [0.3, 0.4) is 0 Å². The van der Waals surface area contributed by atoms with Gasteiger partial charge in [0, 0.05) is 30.6 Å². The standard InChI is InChI=1S/C14H21FN2S/c1-10(16-2)13-8-11(15)4-5-14(13)17(3)12-6-7-18-9-12/h4-5,8,10,12,16H,6-7,9H2,1-3H3. The number of rotatable bonds is 4. The van der Waals surface area contributed by atoms with Crippen molar-refractivity contribution in [3.63, 3.8) is 0 Å². The molecule has 1 saturated heterocycles. The van der Waals surface area contributed by atoms with Crippen molar-refractivity contribution >= 4 is 17.4 Å². The average Bonchev–Trinajstić information content (AvgIpc) is 2.90. The molecule has 100 valence electrons. The lowest BCUT2D eigenvalue weighted by atomic mass is 10.0. The lowest BCUT2D eigenvalue weighted by Crippen LogP contribution is -2.32. The second-order valence-electron chi connectivity index (χ2n) is 4.84. The first-order valence-corrected chi connectivity index (χ1v) is 7.56. The van der Waals surface area contributed by atoms with Crippen molar-refractivity contribution in [3.05, 3.63) is 29.6 Å². The Balaban J connectivity index is 2.30. The summed E-state index contributed by atoms with van der Waals surface area (Å²) in [5.41, 5.74) is 2.18. The van der Waals surface area contributed by atoms with Gasteiger partial charge in [-0.3, -0.25) is 0 Å². The van der Waals surface area contributed by atoms with E-state index in [2.05, 4.69) is 24.2 Å². The quantitative estimate of drug-likeness (QED) is 0.903. The first-order valence-electron chi connectivity index (χ1n) is 6.40. The van der Waals surface area contributed by atoms with Crippen LogP contribution >= 0.6 is 11.8 Å². The van der Waals surface area contributed by atoms with Gasteiger partial charge in [0.2, 0.25) is 0 Å². The van der Waals surface area contributed by atoms with E-state index in [1.54, 1.807) is 12.1 Å². The van der Waals surface area contributed by atoms with E-state index in [0.717, 1.165) is 11.3 Å². The summed E-state index contributed by atoms with van der Waals surface area (Å²) in [6.45, 7) is 2.06. The summed E-state index contributed by atoms with van der Waals surface area (Å²) in [5.74, 6) is 2.24. The van der Waals surface area contributed by atoms with E-state index >= 15 is 0 Å². The Morgan fingerprint density at radius 3 is 2.89 bits per heavy atom. The number of hydrogen-bond acceptors (Lipinski definition) is 3. The molecule has 0 aliphatic carbocycles. The molecule has 0 radical (unpaired) electrons. The molecule has 2 nitrogen and oxygen atoms in total. The highest BCUT2D eigenvalue weighted by atomic mass is 32.2. The van der Waals surface area contributed by atoms with Crippen LogP contribution in [-0.2, 0) is 0 Å². The van der Waals surface area contributed by atoms with Crippen LogP contribution in [0.5, 0.6) is 0 Å². The van der Waals surface area contributed by atoms with Gasteiger partial charge >= 0.3 is 0 Å². The second-order valence-corrected chi connectivity index (χ2v) is 5.99. The minimum absolute atomic E-state index is 0.159. The normalized spacial score (nSPS) is 21.0. The minimum atomic E-state index is -0.162. The van der Waals surface area contributed by atoms with Gasteiger partial charge < -0.3 is 10.2 Å². The molecule has 1 fully saturated rings. The van der Waals surface area contributed by atoms with Gasteiger partial charge in [-0.2, -0.15) is 11.8 Å². The highest BCUT2D eigenvalue weighted by Gasteiger charge is 2.23. The Hall–Kier alpha value is -0.740. The lowest BCUT2D eigenvalue weighted by molar-refractivity contribution is 0.603. The van der Waals surface area contributed by atoms with Gasteiger partial charge in [0.25, 0.3) is 0 Å². The Bertz CT molecular complexity index is 405. The number of anilines is 1. The smallest absolute Gasteiger partial charge is 0.123 e. The van der Waals surface area contributed by atoms with Gasteiger partial charge in [-0.05, 0) is 49.9 Å². The third-order valence-electron chi connectivity index (χ3n) is 3.72. The number of benzene rings is 1. The fraction of sp³-hybridized carbons (Fsp3) is 0.571. The molecule has 18 heavy (non-hydrogen) atoms. The molecule has 2 atom stereocenters. The summed E-state index contributed by atoms with van der Waals surface area (Å²) in [4.78, 5) is 2.31. The van der Waals surface area contributed by atoms with Gasteiger partial charge in [0.1, 0.15) is 5.82 Å². The van der Waals surface area contributed by atoms with Crippen LogP contribution in [0, 0.1) is 5.82 Å². The molecule has 1 aliphatic heterocycles. The predicted octanol–water partition coefficient (Wildman–Crippen LogP) is 3.05. The molecule has 2 rings (SSSR count). The molecule has 0 bridgehead atoms. The van der Waals surface area contributed by atoms with Crippen LogP contribution in [0.1, 0.15) is 24.9 Å². The fourth-order valence-electron chi connectivity index (χ4n) is 2.37. The molecular formula is C14H21FN2S. The number of nitrogens with zero attached hydrogens (tertiary/aromatic N) is 1. The van der Waals surface area contributed by atoms with Gasteiger partial charge in [0.05, 0.1) is 0 Å². The second kappa shape index (κ2) is 5.93. The summed E-state index contributed by atoms with van der Waals surface area (Å²) in [7, 11) is 4.03. The summed E-state index contributed by atoms with van der Waals surface area (Å²) in [5, 5.41) is 3.20. The van der Waals surface area contributed by atoms with Crippen molar-refractivity contribution in [2.45, 2.75) is 25.4 Å². The van der Waals surface area contributed by atoms with E-state index in [1.807, 2.05) is 24.9 Å². The monoisotopic (exact) mass is 268 g/mol. The highest BCUT2D eigenvalue weighted by Crippen LogP contribution is 2.31. The molecule has 1 N–H and O–H groups in total. The maximum absolute atomic E-state index is 13.4. The molecule has 0 amide bonds. The first-order chi connectivity index (χ1) is 8.63. The molecule has 2 unspecified atom stereocenters. The van der Waals surface area contributed by atoms with E-state index in [9.17, 15) is 4.39 Å². The van der Waals surface area contributed by atoms with Gasteiger partial charge in [-0.1, -0.05) is 0 Å². The largest absolute Gasteiger partial charge is 0.370 e. The SMILES string of the molecule is CNC(C)c1cc(F)ccc1N(C)C1CCSC1. The van der Waals surface area contributed by atoms with Crippen LogP contribution in [-0.4, -0.2) is 31.6 Å². The van der Waals surface area contributed by atoms with Crippen molar-refractivity contribution in [2.75, 3.05) is 30.5 Å². The first kappa shape index (κ1) is 13.7. The summed E-state index contributed by atoms with van der Waals surface area (Å²) < 4.78 is 13.4. The molecule has 4 heteroatoms. The molecular weight excluding hydrogens is 247 g/mol. The lowest BCUT2D eigenvalue weighted by Gasteiger charge is -2.30. The molecule has 1 aromatic carbocycles. The van der Waals surface area contributed by atoms with Gasteiger partial charge in [-0.15, -0.1) is 0 Å². The van der Waals surface area contributed by atoms with Crippen LogP contribution < -0.4 is 10.2 Å². The minimum Gasteiger partial charge on any atom is -0.370 e. The zero-order chi connectivity index (χ0) is 13.1. The van der Waals surface area contributed by atoms with Crippen molar-refractivity contribution < 1.29 is 4.39 Å². The van der Waals surface area contributed by atoms with E-state index in [0.29, 0.717) is 6.04 Å². The third kappa shape index (κ3) is 2.81. The van der Waals surface area contributed by atoms with Crippen LogP contribution in [0.15, 0.2) is 18.2 Å². The maximum atomic E-state index is 13.4. The van der Waals surface area contributed by atoms with E-state index in [-0.39, 0.29) is 11.9 Å². The van der Waals surface area contributed by atoms with Crippen LogP contribution in [0.2, 0.25) is 0 Å². The Kier molecular flexibility index (Phi) is 4.51. The van der Waals surface area contributed by atoms with Gasteiger partial charge in [0.15, 0.2) is 0 Å². The average molecular weight is 268 g/mol. The molecule has 1 aromatic rings. The number of halogens is 1. The highest BCUT2D eigenvalue weighted by molar-refractivity contribution is 7.99. The Morgan fingerprint density at radius 1 is 1.50 bits per heavy atom. The zero-order valence-corrected chi connectivity index (χ0v) is 12.1. The summed E-state index contributed by atoms with van der Waals surface area (Å²) in [6, 6.07) is 5.84. The van der Waals surface area contributed by atoms with E-state index in [1.165, 1.54) is 17.9 Å². The van der Waals surface area contributed by atoms with Crippen molar-refractivity contribution in [1.29, 1.82) is 0 Å². The van der Waals surface area contributed by atoms with E-state index < -0.39 is 0 Å². The van der Waals surface area contributed by atoms with Gasteiger partial charge in [-0.25, -0.2) is 4.39 Å². The predicted molar refractivity (Wildman–Crippen MR) is 78.0 cm³/mol. The molecule has 0 spiro atoms. The topological polar surface area (TPSA) is 15.3 Å². The zero-order valence-electron chi connectivity index (χ0n) is 11.2. The van der Waals surface area contributed by atoms with Crippen molar-refractivity contribution in [3.8, 4) is 0 Å². The molecule has 0 saturated carbocycles. The van der Waals surface area contributed by atoms with E-state index in [4.69, 9.17) is 0 Å².